The lowest BCUT2D eigenvalue weighted by Gasteiger charge is -2.10. The van der Waals surface area contributed by atoms with Gasteiger partial charge in [0.05, 0.1) is 6.61 Å². The molecule has 0 fully saturated rings. The van der Waals surface area contributed by atoms with Crippen LogP contribution in [0, 0.1) is 0 Å². The number of carbonyl (C=O) groups is 2. The maximum atomic E-state index is 12.0. The number of para-hydroxylation sites is 1. The summed E-state index contributed by atoms with van der Waals surface area (Å²) >= 11 is 0. The molecular weight excluding hydrogens is 316 g/mol. The molecule has 25 heavy (non-hydrogen) atoms. The van der Waals surface area contributed by atoms with E-state index in [-0.39, 0.29) is 18.2 Å². The van der Waals surface area contributed by atoms with Crippen molar-refractivity contribution >= 4 is 11.8 Å². The molecule has 0 aliphatic heterocycles. The number of carbonyl (C=O) groups excluding carboxylic acids is 2. The van der Waals surface area contributed by atoms with E-state index >= 15 is 0 Å². The van der Waals surface area contributed by atoms with E-state index < -0.39 is 0 Å². The van der Waals surface area contributed by atoms with Gasteiger partial charge in [-0.25, -0.2) is 0 Å². The van der Waals surface area contributed by atoms with Crippen molar-refractivity contribution in [3.63, 3.8) is 0 Å². The molecule has 2 aromatic rings. The third-order valence-corrected chi connectivity index (χ3v) is 3.83. The molecular formula is C20H24N2O3. The van der Waals surface area contributed by atoms with E-state index in [1.54, 1.807) is 12.1 Å². The Kier molecular flexibility index (Phi) is 7.01. The van der Waals surface area contributed by atoms with Crippen LogP contribution in [0.15, 0.2) is 48.5 Å². The lowest BCUT2D eigenvalue weighted by atomic mass is 10.1. The second-order valence-corrected chi connectivity index (χ2v) is 5.59. The fraction of sp³-hybridized carbons (Fsp3) is 0.300. The predicted molar refractivity (Wildman–Crippen MR) is 97.4 cm³/mol. The van der Waals surface area contributed by atoms with E-state index in [0.29, 0.717) is 18.6 Å². The van der Waals surface area contributed by atoms with E-state index in [4.69, 9.17) is 4.74 Å². The molecule has 0 atom stereocenters. The molecule has 0 saturated carbocycles. The van der Waals surface area contributed by atoms with Gasteiger partial charge in [0.25, 0.3) is 5.91 Å². The van der Waals surface area contributed by atoms with Crippen LogP contribution < -0.4 is 15.6 Å². The van der Waals surface area contributed by atoms with Gasteiger partial charge < -0.3 is 4.74 Å². The van der Waals surface area contributed by atoms with Crippen LogP contribution in [0.2, 0.25) is 0 Å². The Morgan fingerprint density at radius 2 is 1.68 bits per heavy atom. The van der Waals surface area contributed by atoms with Crippen molar-refractivity contribution in [2.45, 2.75) is 33.1 Å². The zero-order valence-corrected chi connectivity index (χ0v) is 14.7. The molecule has 0 aliphatic carbocycles. The van der Waals surface area contributed by atoms with Gasteiger partial charge >= 0.3 is 0 Å². The van der Waals surface area contributed by atoms with Crippen LogP contribution in [-0.4, -0.2) is 18.4 Å². The first-order valence-corrected chi connectivity index (χ1v) is 8.52. The Labute approximate surface area is 148 Å². The normalized spacial score (nSPS) is 10.2. The topological polar surface area (TPSA) is 67.4 Å². The SMILES string of the molecule is CCOc1ccccc1CCC(=O)NNC(=O)c1ccc(CC)cc1. The Hall–Kier alpha value is -2.82. The summed E-state index contributed by atoms with van der Waals surface area (Å²) < 4.78 is 5.54. The number of amides is 2. The summed E-state index contributed by atoms with van der Waals surface area (Å²) in [7, 11) is 0. The van der Waals surface area contributed by atoms with Crippen molar-refractivity contribution in [2.75, 3.05) is 6.61 Å². The minimum absolute atomic E-state index is 0.246. The van der Waals surface area contributed by atoms with Crippen molar-refractivity contribution in [3.8, 4) is 5.75 Å². The summed E-state index contributed by atoms with van der Waals surface area (Å²) in [5.41, 5.74) is 7.54. The van der Waals surface area contributed by atoms with Crippen LogP contribution in [0.5, 0.6) is 5.75 Å². The number of nitrogens with one attached hydrogen (secondary N) is 2. The Bertz CT molecular complexity index is 711. The van der Waals surface area contributed by atoms with E-state index in [0.717, 1.165) is 23.3 Å². The van der Waals surface area contributed by atoms with E-state index in [9.17, 15) is 9.59 Å². The molecule has 0 saturated heterocycles. The first-order valence-electron chi connectivity index (χ1n) is 8.52. The van der Waals surface area contributed by atoms with Crippen LogP contribution in [0.3, 0.4) is 0 Å². The highest BCUT2D eigenvalue weighted by Gasteiger charge is 2.09. The molecule has 5 nitrogen and oxygen atoms in total. The molecule has 132 valence electrons. The molecule has 2 rings (SSSR count). The van der Waals surface area contributed by atoms with E-state index in [1.165, 1.54) is 0 Å². The lowest BCUT2D eigenvalue weighted by molar-refractivity contribution is -0.121. The number of ether oxygens (including phenoxy) is 1. The molecule has 0 aromatic heterocycles. The summed E-state index contributed by atoms with van der Waals surface area (Å²) in [5.74, 6) is 0.216. The molecule has 0 unspecified atom stereocenters. The van der Waals surface area contributed by atoms with E-state index in [2.05, 4.69) is 17.8 Å². The smallest absolute Gasteiger partial charge is 0.269 e. The quantitative estimate of drug-likeness (QED) is 0.761. The fourth-order valence-corrected chi connectivity index (χ4v) is 2.41. The lowest BCUT2D eigenvalue weighted by Crippen LogP contribution is -2.41. The van der Waals surface area contributed by atoms with Crippen molar-refractivity contribution in [1.82, 2.24) is 10.9 Å². The highest BCUT2D eigenvalue weighted by molar-refractivity contribution is 5.95. The zero-order valence-electron chi connectivity index (χ0n) is 14.7. The summed E-state index contributed by atoms with van der Waals surface area (Å²) in [6, 6.07) is 14.9. The second kappa shape index (κ2) is 9.47. The van der Waals surface area contributed by atoms with Gasteiger partial charge in [-0.05, 0) is 49.1 Å². The highest BCUT2D eigenvalue weighted by atomic mass is 16.5. The monoisotopic (exact) mass is 340 g/mol. The van der Waals surface area contributed by atoms with Crippen LogP contribution in [0.4, 0.5) is 0 Å². The van der Waals surface area contributed by atoms with Gasteiger partial charge in [-0.1, -0.05) is 37.3 Å². The molecule has 2 aromatic carbocycles. The van der Waals surface area contributed by atoms with Gasteiger partial charge in [-0.3, -0.25) is 20.4 Å². The molecule has 0 radical (unpaired) electrons. The van der Waals surface area contributed by atoms with Gasteiger partial charge in [-0.15, -0.1) is 0 Å². The maximum absolute atomic E-state index is 12.0. The maximum Gasteiger partial charge on any atom is 0.269 e. The average Bonchev–Trinajstić information content (AvgIpc) is 2.65. The molecule has 0 bridgehead atoms. The number of hydrogen-bond acceptors (Lipinski definition) is 3. The molecule has 5 heteroatoms. The van der Waals surface area contributed by atoms with Crippen LogP contribution >= 0.6 is 0 Å². The Balaban J connectivity index is 1.81. The largest absolute Gasteiger partial charge is 0.494 e. The van der Waals surface area contributed by atoms with Crippen LogP contribution in [-0.2, 0) is 17.6 Å². The average molecular weight is 340 g/mol. The number of hydrazine groups is 1. The third-order valence-electron chi connectivity index (χ3n) is 3.83. The number of benzene rings is 2. The van der Waals surface area contributed by atoms with Gasteiger partial charge in [0.1, 0.15) is 5.75 Å². The first-order chi connectivity index (χ1) is 12.1. The highest BCUT2D eigenvalue weighted by Crippen LogP contribution is 2.19. The minimum atomic E-state index is -0.328. The third kappa shape index (κ3) is 5.64. The summed E-state index contributed by atoms with van der Waals surface area (Å²) in [6.07, 6.45) is 1.73. The van der Waals surface area contributed by atoms with Gasteiger partial charge in [0, 0.05) is 12.0 Å². The molecule has 0 heterocycles. The Morgan fingerprint density at radius 1 is 0.960 bits per heavy atom. The summed E-state index contributed by atoms with van der Waals surface area (Å²) in [6.45, 7) is 4.56. The number of aryl methyl sites for hydroxylation is 2. The Morgan fingerprint density at radius 3 is 2.36 bits per heavy atom. The summed E-state index contributed by atoms with van der Waals surface area (Å²) in [4.78, 5) is 24.0. The zero-order chi connectivity index (χ0) is 18.1. The van der Waals surface area contributed by atoms with Crippen molar-refractivity contribution in [2.24, 2.45) is 0 Å². The van der Waals surface area contributed by atoms with Crippen molar-refractivity contribution in [1.29, 1.82) is 0 Å². The van der Waals surface area contributed by atoms with Crippen LogP contribution in [0.25, 0.3) is 0 Å². The van der Waals surface area contributed by atoms with E-state index in [1.807, 2.05) is 43.3 Å². The van der Waals surface area contributed by atoms with Crippen molar-refractivity contribution < 1.29 is 14.3 Å². The van der Waals surface area contributed by atoms with Crippen LogP contribution in [0.1, 0.15) is 41.8 Å². The first kappa shape index (κ1) is 18.5. The number of hydrogen-bond donors (Lipinski definition) is 2. The van der Waals surface area contributed by atoms with Gasteiger partial charge in [-0.2, -0.15) is 0 Å². The van der Waals surface area contributed by atoms with Crippen molar-refractivity contribution in [3.05, 3.63) is 65.2 Å². The molecule has 0 aliphatic rings. The molecule has 0 spiro atoms. The molecule has 2 amide bonds. The van der Waals surface area contributed by atoms with Gasteiger partial charge in [0.15, 0.2) is 0 Å². The predicted octanol–water partition coefficient (Wildman–Crippen LogP) is 3.04. The minimum Gasteiger partial charge on any atom is -0.494 e. The second-order valence-electron chi connectivity index (χ2n) is 5.59. The van der Waals surface area contributed by atoms with Gasteiger partial charge in [0.2, 0.25) is 5.91 Å². The number of rotatable bonds is 7. The standard InChI is InChI=1S/C20H24N2O3/c1-3-15-9-11-17(12-10-15)20(24)22-21-19(23)14-13-16-7-5-6-8-18(16)25-4-2/h5-12H,3-4,13-14H2,1-2H3,(H,21,23)(H,22,24). The summed E-state index contributed by atoms with van der Waals surface area (Å²) in [5, 5.41) is 0. The fourth-order valence-electron chi connectivity index (χ4n) is 2.41. The molecule has 2 N–H and O–H groups in total.